The summed E-state index contributed by atoms with van der Waals surface area (Å²) in [6, 6.07) is 5.59. The molecule has 1 aliphatic rings. The molecule has 2 N–H and O–H groups in total. The summed E-state index contributed by atoms with van der Waals surface area (Å²) in [6.45, 7) is 4.78. The third kappa shape index (κ3) is 3.95. The fraction of sp³-hybridized carbons (Fsp3) is 0.647. The Morgan fingerprint density at radius 2 is 2.15 bits per heavy atom. The van der Waals surface area contributed by atoms with Gasteiger partial charge in [-0.1, -0.05) is 25.8 Å². The lowest BCUT2D eigenvalue weighted by atomic mass is 9.96. The lowest BCUT2D eigenvalue weighted by Crippen LogP contribution is -2.25. The van der Waals surface area contributed by atoms with Crippen LogP contribution in [0.3, 0.4) is 0 Å². The molecule has 1 aromatic carbocycles. The summed E-state index contributed by atoms with van der Waals surface area (Å²) < 4.78 is 14.3. The Balaban J connectivity index is 2.03. The number of anilines is 1. The van der Waals surface area contributed by atoms with Gasteiger partial charge in [-0.3, -0.25) is 0 Å². The van der Waals surface area contributed by atoms with Crippen molar-refractivity contribution in [1.82, 2.24) is 0 Å². The van der Waals surface area contributed by atoms with E-state index in [1.807, 2.05) is 12.1 Å². The monoisotopic (exact) mass is 278 g/mol. The highest BCUT2D eigenvalue weighted by atomic mass is 19.1. The van der Waals surface area contributed by atoms with Crippen molar-refractivity contribution in [3.8, 4) is 0 Å². The highest BCUT2D eigenvalue weighted by molar-refractivity contribution is 5.49. The van der Waals surface area contributed by atoms with Crippen LogP contribution in [0.4, 0.5) is 10.1 Å². The number of nitrogens with two attached hydrogens (primary N) is 1. The molecule has 0 bridgehead atoms. The maximum atomic E-state index is 14.3. The second-order valence-electron chi connectivity index (χ2n) is 5.90. The fourth-order valence-electron chi connectivity index (χ4n) is 3.23. The number of nitrogens with zero attached hydrogens (tertiary/aromatic N) is 1. The van der Waals surface area contributed by atoms with Crippen LogP contribution in [0, 0.1) is 11.7 Å². The smallest absolute Gasteiger partial charge is 0.146 e. The lowest BCUT2D eigenvalue weighted by Gasteiger charge is -2.24. The Hall–Kier alpha value is -1.09. The van der Waals surface area contributed by atoms with Crippen LogP contribution in [-0.4, -0.2) is 19.6 Å². The SMILES string of the molecule is CCCC1CCCN(c2ccc(CCN)cc2F)CC1. The molecule has 0 saturated carbocycles. The molecule has 1 atom stereocenters. The summed E-state index contributed by atoms with van der Waals surface area (Å²) in [6.07, 6.45) is 6.97. The molecule has 1 aliphatic heterocycles. The predicted molar refractivity (Wildman–Crippen MR) is 83.6 cm³/mol. The van der Waals surface area contributed by atoms with Crippen LogP contribution in [0.5, 0.6) is 0 Å². The van der Waals surface area contributed by atoms with Gasteiger partial charge in [0.2, 0.25) is 0 Å². The Morgan fingerprint density at radius 1 is 1.30 bits per heavy atom. The molecule has 1 fully saturated rings. The van der Waals surface area contributed by atoms with E-state index >= 15 is 0 Å². The van der Waals surface area contributed by atoms with Crippen LogP contribution >= 0.6 is 0 Å². The Morgan fingerprint density at radius 3 is 2.85 bits per heavy atom. The summed E-state index contributed by atoms with van der Waals surface area (Å²) in [5.41, 5.74) is 7.28. The minimum Gasteiger partial charge on any atom is -0.369 e. The van der Waals surface area contributed by atoms with Crippen molar-refractivity contribution in [3.05, 3.63) is 29.6 Å². The fourth-order valence-corrected chi connectivity index (χ4v) is 3.23. The Kier molecular flexibility index (Phi) is 5.84. The highest BCUT2D eigenvalue weighted by Gasteiger charge is 2.18. The van der Waals surface area contributed by atoms with Gasteiger partial charge in [-0.2, -0.15) is 0 Å². The highest BCUT2D eigenvalue weighted by Crippen LogP contribution is 2.27. The first-order chi connectivity index (χ1) is 9.74. The van der Waals surface area contributed by atoms with Gasteiger partial charge in [0, 0.05) is 13.1 Å². The van der Waals surface area contributed by atoms with Gasteiger partial charge in [0.05, 0.1) is 5.69 Å². The van der Waals surface area contributed by atoms with Crippen LogP contribution in [-0.2, 0) is 6.42 Å². The average molecular weight is 278 g/mol. The molecule has 0 spiro atoms. The summed E-state index contributed by atoms with van der Waals surface area (Å²) in [5.74, 6) is 0.731. The molecular weight excluding hydrogens is 251 g/mol. The van der Waals surface area contributed by atoms with E-state index in [1.165, 1.54) is 32.1 Å². The van der Waals surface area contributed by atoms with E-state index in [1.54, 1.807) is 6.07 Å². The molecule has 1 saturated heterocycles. The van der Waals surface area contributed by atoms with Crippen LogP contribution in [0.1, 0.15) is 44.6 Å². The minimum absolute atomic E-state index is 0.0927. The molecule has 112 valence electrons. The van der Waals surface area contributed by atoms with Crippen LogP contribution < -0.4 is 10.6 Å². The zero-order valence-electron chi connectivity index (χ0n) is 12.6. The van der Waals surface area contributed by atoms with Crippen molar-refractivity contribution in [1.29, 1.82) is 0 Å². The van der Waals surface area contributed by atoms with Crippen molar-refractivity contribution < 1.29 is 4.39 Å². The van der Waals surface area contributed by atoms with Gasteiger partial charge < -0.3 is 10.6 Å². The molecule has 3 heteroatoms. The second-order valence-corrected chi connectivity index (χ2v) is 5.90. The van der Waals surface area contributed by atoms with Crippen molar-refractivity contribution in [2.45, 2.75) is 45.4 Å². The van der Waals surface area contributed by atoms with Gasteiger partial charge in [0.15, 0.2) is 0 Å². The number of hydrogen-bond acceptors (Lipinski definition) is 2. The topological polar surface area (TPSA) is 29.3 Å². The quantitative estimate of drug-likeness (QED) is 0.889. The van der Waals surface area contributed by atoms with Gasteiger partial charge in [-0.05, 0) is 55.8 Å². The van der Waals surface area contributed by atoms with Crippen LogP contribution in [0.25, 0.3) is 0 Å². The molecule has 1 unspecified atom stereocenters. The summed E-state index contributed by atoms with van der Waals surface area (Å²) in [4.78, 5) is 2.22. The largest absolute Gasteiger partial charge is 0.369 e. The summed E-state index contributed by atoms with van der Waals surface area (Å²) in [5, 5.41) is 0. The van der Waals surface area contributed by atoms with Crippen LogP contribution in [0.15, 0.2) is 18.2 Å². The third-order valence-corrected chi connectivity index (χ3v) is 4.33. The van der Waals surface area contributed by atoms with Crippen LogP contribution in [0.2, 0.25) is 0 Å². The molecule has 2 rings (SSSR count). The molecule has 0 aliphatic carbocycles. The van der Waals surface area contributed by atoms with E-state index in [-0.39, 0.29) is 5.82 Å². The molecule has 1 heterocycles. The maximum Gasteiger partial charge on any atom is 0.146 e. The normalized spacial score (nSPS) is 19.9. The van der Waals surface area contributed by atoms with Gasteiger partial charge in [-0.15, -0.1) is 0 Å². The summed E-state index contributed by atoms with van der Waals surface area (Å²) >= 11 is 0. The van der Waals surface area contributed by atoms with Gasteiger partial charge in [-0.25, -0.2) is 4.39 Å². The summed E-state index contributed by atoms with van der Waals surface area (Å²) in [7, 11) is 0. The van der Waals surface area contributed by atoms with E-state index in [2.05, 4.69) is 11.8 Å². The predicted octanol–water partition coefficient (Wildman–Crippen LogP) is 3.73. The number of benzene rings is 1. The molecule has 0 amide bonds. The molecular formula is C17H27FN2. The number of halogens is 1. The van der Waals surface area contributed by atoms with E-state index in [0.717, 1.165) is 36.7 Å². The van der Waals surface area contributed by atoms with E-state index in [0.29, 0.717) is 6.54 Å². The first kappa shape index (κ1) is 15.3. The lowest BCUT2D eigenvalue weighted by molar-refractivity contribution is 0.435. The zero-order valence-corrected chi connectivity index (χ0v) is 12.6. The molecule has 0 aromatic heterocycles. The average Bonchev–Trinajstić information content (AvgIpc) is 2.66. The van der Waals surface area contributed by atoms with Crippen molar-refractivity contribution in [2.24, 2.45) is 11.7 Å². The number of hydrogen-bond donors (Lipinski definition) is 1. The molecule has 2 nitrogen and oxygen atoms in total. The van der Waals surface area contributed by atoms with E-state index in [4.69, 9.17) is 5.73 Å². The Bertz CT molecular complexity index is 419. The van der Waals surface area contributed by atoms with Gasteiger partial charge >= 0.3 is 0 Å². The Labute approximate surface area is 122 Å². The first-order valence-corrected chi connectivity index (χ1v) is 7.98. The molecule has 0 radical (unpaired) electrons. The van der Waals surface area contributed by atoms with Gasteiger partial charge in [0.25, 0.3) is 0 Å². The van der Waals surface area contributed by atoms with Crippen molar-refractivity contribution in [3.63, 3.8) is 0 Å². The van der Waals surface area contributed by atoms with E-state index in [9.17, 15) is 4.39 Å². The standard InChI is InChI=1S/C17H27FN2/c1-2-4-14-5-3-11-20(12-9-14)17-7-6-15(8-10-19)13-16(17)18/h6-7,13-14H,2-5,8-12,19H2,1H3. The maximum absolute atomic E-state index is 14.3. The zero-order chi connectivity index (χ0) is 14.4. The second kappa shape index (κ2) is 7.63. The first-order valence-electron chi connectivity index (χ1n) is 7.98. The van der Waals surface area contributed by atoms with Crippen molar-refractivity contribution >= 4 is 5.69 Å². The minimum atomic E-state index is -0.0927. The van der Waals surface area contributed by atoms with E-state index < -0.39 is 0 Å². The van der Waals surface area contributed by atoms with Crippen molar-refractivity contribution in [2.75, 3.05) is 24.5 Å². The molecule has 20 heavy (non-hydrogen) atoms. The molecule has 1 aromatic rings. The van der Waals surface area contributed by atoms with Gasteiger partial charge in [0.1, 0.15) is 5.82 Å². The third-order valence-electron chi connectivity index (χ3n) is 4.33. The number of rotatable bonds is 5.